The normalized spacial score (nSPS) is 11.3. The van der Waals surface area contributed by atoms with Gasteiger partial charge in [-0.3, -0.25) is 0 Å². The highest BCUT2D eigenvalue weighted by Crippen LogP contribution is 2.38. The molecule has 3 heterocycles. The zero-order valence-electron chi connectivity index (χ0n) is 21.6. The van der Waals surface area contributed by atoms with E-state index in [0.29, 0.717) is 59.2 Å². The maximum atomic E-state index is 6.22. The van der Waals surface area contributed by atoms with Crippen LogP contribution in [0, 0.1) is 0 Å². The molecule has 0 aliphatic heterocycles. The van der Waals surface area contributed by atoms with E-state index in [2.05, 4.69) is 30.4 Å². The number of pyridine rings is 2. The predicted molar refractivity (Wildman–Crippen MR) is 149 cm³/mol. The molecule has 5 aromatic rings. The summed E-state index contributed by atoms with van der Waals surface area (Å²) in [5, 5.41) is 17.1. The number of rotatable bonds is 10. The monoisotopic (exact) mass is 518 g/mol. The molecule has 0 spiro atoms. The Bertz CT molecular complexity index is 1470. The number of furan rings is 1. The highest BCUT2D eigenvalue weighted by atomic mass is 16.5. The Balaban J connectivity index is 1.40. The molecule has 3 aromatic heterocycles. The third-order valence-corrected chi connectivity index (χ3v) is 5.51. The van der Waals surface area contributed by atoms with E-state index in [-0.39, 0.29) is 0 Å². The van der Waals surface area contributed by atoms with Crippen LogP contribution in [0.25, 0.3) is 22.6 Å². The van der Waals surface area contributed by atoms with E-state index in [1.165, 1.54) is 0 Å². The minimum Gasteiger partial charge on any atom is -0.492 e. The smallest absolute Gasteiger partial charge is 0.174 e. The van der Waals surface area contributed by atoms with Gasteiger partial charge in [0.25, 0.3) is 0 Å². The molecule has 0 bridgehead atoms. The van der Waals surface area contributed by atoms with Gasteiger partial charge >= 0.3 is 0 Å². The number of hydrogen-bond donors (Lipinski definition) is 0. The van der Waals surface area contributed by atoms with Crippen molar-refractivity contribution in [2.45, 2.75) is 13.8 Å². The number of aromatic nitrogens is 2. The lowest BCUT2D eigenvalue weighted by Crippen LogP contribution is -1.92. The van der Waals surface area contributed by atoms with E-state index in [0.717, 1.165) is 11.1 Å². The summed E-state index contributed by atoms with van der Waals surface area (Å²) in [7, 11) is 0. The maximum Gasteiger partial charge on any atom is 0.174 e. The molecule has 0 amide bonds. The Kier molecular flexibility index (Phi) is 8.08. The summed E-state index contributed by atoms with van der Waals surface area (Å²) >= 11 is 0. The van der Waals surface area contributed by atoms with Gasteiger partial charge in [0.15, 0.2) is 11.6 Å². The van der Waals surface area contributed by atoms with Crippen LogP contribution in [0.1, 0.15) is 13.8 Å². The third kappa shape index (κ3) is 6.40. The summed E-state index contributed by atoms with van der Waals surface area (Å²) in [6, 6.07) is 26.1. The molecule has 0 fully saturated rings. The van der Waals surface area contributed by atoms with Crippen LogP contribution in [0.5, 0.6) is 11.5 Å². The Labute approximate surface area is 225 Å². The molecule has 0 aliphatic rings. The van der Waals surface area contributed by atoms with Gasteiger partial charge in [0.2, 0.25) is 0 Å². The first kappa shape index (κ1) is 25.5. The number of benzene rings is 2. The molecule has 39 heavy (non-hydrogen) atoms. The summed E-state index contributed by atoms with van der Waals surface area (Å²) in [5.41, 5.74) is 2.92. The Morgan fingerprint density at radius 1 is 0.590 bits per heavy atom. The highest BCUT2D eigenvalue weighted by Gasteiger charge is 2.13. The molecule has 9 nitrogen and oxygen atoms in total. The van der Waals surface area contributed by atoms with Gasteiger partial charge in [0.05, 0.1) is 13.2 Å². The molecule has 2 aromatic carbocycles. The molecule has 0 aliphatic carbocycles. The first-order chi connectivity index (χ1) is 19.2. The highest BCUT2D eigenvalue weighted by molar-refractivity contribution is 5.71. The molecule has 0 unspecified atom stereocenters. The SMILES string of the molecule is CCOc1cc(-c2ccc(-c3ccc(/N=N/c4ccccn4)c(OCC)c3)o2)ccc1/N=N/c1ccccn1. The number of nitrogens with zero attached hydrogens (tertiary/aromatic N) is 6. The van der Waals surface area contributed by atoms with Crippen molar-refractivity contribution in [3.63, 3.8) is 0 Å². The number of ether oxygens (including phenoxy) is 2. The zero-order valence-corrected chi connectivity index (χ0v) is 21.6. The fraction of sp³-hybridized carbons (Fsp3) is 0.133. The van der Waals surface area contributed by atoms with Gasteiger partial charge in [-0.1, -0.05) is 12.1 Å². The zero-order chi connectivity index (χ0) is 26.9. The second-order valence-corrected chi connectivity index (χ2v) is 8.17. The maximum absolute atomic E-state index is 6.22. The minimum atomic E-state index is 0.489. The summed E-state index contributed by atoms with van der Waals surface area (Å²) in [5.74, 6) is 3.64. The van der Waals surface area contributed by atoms with Crippen molar-refractivity contribution in [1.29, 1.82) is 0 Å². The number of azo groups is 2. The topological polar surface area (TPSA) is 107 Å². The molecular formula is C30H26N6O3. The quantitative estimate of drug-likeness (QED) is 0.171. The van der Waals surface area contributed by atoms with Gasteiger partial charge in [-0.15, -0.1) is 20.5 Å². The van der Waals surface area contributed by atoms with Crippen LogP contribution in [0.2, 0.25) is 0 Å². The molecule has 0 radical (unpaired) electrons. The molecular weight excluding hydrogens is 492 g/mol. The van der Waals surface area contributed by atoms with Crippen molar-refractivity contribution in [2.24, 2.45) is 20.5 Å². The largest absolute Gasteiger partial charge is 0.492 e. The van der Waals surface area contributed by atoms with E-state index >= 15 is 0 Å². The lowest BCUT2D eigenvalue weighted by Gasteiger charge is -2.09. The minimum absolute atomic E-state index is 0.489. The lowest BCUT2D eigenvalue weighted by atomic mass is 10.1. The van der Waals surface area contributed by atoms with E-state index in [1.807, 2.05) is 86.6 Å². The summed E-state index contributed by atoms with van der Waals surface area (Å²) in [4.78, 5) is 8.35. The standard InChI is InChI=1S/C30H26N6O3/c1-3-37-27-19-21(11-13-23(27)33-35-29-9-5-7-17-31-29)25-15-16-26(39-25)22-12-14-24(28(20-22)38-4-2)34-36-30-10-6-8-18-32-30/h5-20H,3-4H2,1-2H3/b35-33+,36-34+. The Hall–Kier alpha value is -5.18. The average molecular weight is 519 g/mol. The van der Waals surface area contributed by atoms with Crippen molar-refractivity contribution < 1.29 is 13.9 Å². The Morgan fingerprint density at radius 2 is 1.08 bits per heavy atom. The van der Waals surface area contributed by atoms with Crippen LogP contribution in [0.4, 0.5) is 23.0 Å². The lowest BCUT2D eigenvalue weighted by molar-refractivity contribution is 0.341. The molecule has 0 atom stereocenters. The van der Waals surface area contributed by atoms with Gasteiger partial charge in [-0.2, -0.15) is 0 Å². The fourth-order valence-corrected chi connectivity index (χ4v) is 3.73. The average Bonchev–Trinajstić information content (AvgIpc) is 3.48. The third-order valence-electron chi connectivity index (χ3n) is 5.51. The first-order valence-electron chi connectivity index (χ1n) is 12.5. The van der Waals surface area contributed by atoms with Gasteiger partial charge in [0.1, 0.15) is 34.4 Å². The molecule has 9 heteroatoms. The molecule has 5 rings (SSSR count). The van der Waals surface area contributed by atoms with E-state index in [4.69, 9.17) is 13.9 Å². The van der Waals surface area contributed by atoms with Gasteiger partial charge in [-0.05, 0) is 86.6 Å². The van der Waals surface area contributed by atoms with E-state index in [1.54, 1.807) is 24.5 Å². The van der Waals surface area contributed by atoms with E-state index < -0.39 is 0 Å². The van der Waals surface area contributed by atoms with Crippen molar-refractivity contribution >= 4 is 23.0 Å². The first-order valence-corrected chi connectivity index (χ1v) is 12.5. The van der Waals surface area contributed by atoms with Crippen molar-refractivity contribution in [3.8, 4) is 34.1 Å². The van der Waals surface area contributed by atoms with Crippen LogP contribution in [-0.2, 0) is 0 Å². The second kappa shape index (κ2) is 12.4. The van der Waals surface area contributed by atoms with Gasteiger partial charge in [0, 0.05) is 23.5 Å². The summed E-state index contributed by atoms with van der Waals surface area (Å²) in [6.45, 7) is 4.83. The molecule has 0 saturated carbocycles. The number of hydrogen-bond acceptors (Lipinski definition) is 9. The van der Waals surface area contributed by atoms with Gasteiger partial charge < -0.3 is 13.9 Å². The Morgan fingerprint density at radius 3 is 1.49 bits per heavy atom. The summed E-state index contributed by atoms with van der Waals surface area (Å²) in [6.07, 6.45) is 3.35. The fourth-order valence-electron chi connectivity index (χ4n) is 3.73. The second-order valence-electron chi connectivity index (χ2n) is 8.17. The van der Waals surface area contributed by atoms with Crippen LogP contribution < -0.4 is 9.47 Å². The van der Waals surface area contributed by atoms with Crippen LogP contribution in [-0.4, -0.2) is 23.2 Å². The molecule has 0 N–H and O–H groups in total. The van der Waals surface area contributed by atoms with Crippen LogP contribution in [0.15, 0.2) is 122 Å². The van der Waals surface area contributed by atoms with Crippen LogP contribution in [0.3, 0.4) is 0 Å². The van der Waals surface area contributed by atoms with Crippen LogP contribution >= 0.6 is 0 Å². The van der Waals surface area contributed by atoms with E-state index in [9.17, 15) is 0 Å². The summed E-state index contributed by atoms with van der Waals surface area (Å²) < 4.78 is 17.9. The van der Waals surface area contributed by atoms with Crippen molar-refractivity contribution in [1.82, 2.24) is 9.97 Å². The van der Waals surface area contributed by atoms with Gasteiger partial charge in [-0.25, -0.2) is 9.97 Å². The van der Waals surface area contributed by atoms with Crippen molar-refractivity contribution in [2.75, 3.05) is 13.2 Å². The molecule has 194 valence electrons. The molecule has 0 saturated heterocycles. The predicted octanol–water partition coefficient (Wildman–Crippen LogP) is 9.03. The van der Waals surface area contributed by atoms with Crippen molar-refractivity contribution in [3.05, 3.63) is 97.3 Å².